The van der Waals surface area contributed by atoms with Crippen LogP contribution < -0.4 is 0 Å². The smallest absolute Gasteiger partial charge is 0.426 e. The zero-order valence-corrected chi connectivity index (χ0v) is 12.9. The van der Waals surface area contributed by atoms with Crippen LogP contribution in [0.5, 0.6) is 0 Å². The molecule has 2 bridgehead atoms. The van der Waals surface area contributed by atoms with Gasteiger partial charge >= 0.3 is 18.3 Å². The molecule has 0 saturated heterocycles. The molecule has 0 aliphatic heterocycles. The van der Waals surface area contributed by atoms with Crippen LogP contribution in [-0.4, -0.2) is 35.1 Å². The van der Waals surface area contributed by atoms with E-state index in [4.69, 9.17) is 4.74 Å². The molecule has 0 aromatic carbocycles. The zero-order chi connectivity index (χ0) is 18.5. The maximum absolute atomic E-state index is 12.8. The molecule has 9 heteroatoms. The maximum atomic E-state index is 12.8. The number of hydrogen-bond acceptors (Lipinski definition) is 3. The first-order valence-electron chi connectivity index (χ1n) is 7.48. The zero-order valence-electron chi connectivity index (χ0n) is 12.9. The van der Waals surface area contributed by atoms with Crippen LogP contribution in [0.2, 0.25) is 0 Å². The van der Waals surface area contributed by atoms with Gasteiger partial charge in [-0.05, 0) is 50.4 Å². The Bertz CT molecular complexity index is 510. The van der Waals surface area contributed by atoms with Gasteiger partial charge in [0.05, 0.1) is 0 Å². The molecule has 0 amide bonds. The summed E-state index contributed by atoms with van der Waals surface area (Å²) < 4.78 is 82.2. The van der Waals surface area contributed by atoms with E-state index in [2.05, 4.69) is 6.58 Å². The Hall–Kier alpha value is -1.25. The largest absolute Gasteiger partial charge is 0.459 e. The van der Waals surface area contributed by atoms with Gasteiger partial charge in [-0.3, -0.25) is 0 Å². The number of carbonyl (C=O) groups excluding carboxylic acids is 1. The molecule has 4 unspecified atom stereocenters. The summed E-state index contributed by atoms with van der Waals surface area (Å²) in [5, 5.41) is 9.36. The average molecular weight is 360 g/mol. The Labute approximate surface area is 134 Å². The highest BCUT2D eigenvalue weighted by Crippen LogP contribution is 2.56. The number of fused-ring (bicyclic) bond motifs is 2. The predicted octanol–water partition coefficient (Wildman–Crippen LogP) is 3.77. The van der Waals surface area contributed by atoms with Crippen molar-refractivity contribution in [3.8, 4) is 0 Å². The number of rotatable bonds is 4. The van der Waals surface area contributed by atoms with E-state index in [0.717, 1.165) is 0 Å². The second-order valence-electron chi connectivity index (χ2n) is 6.78. The fourth-order valence-electron chi connectivity index (χ4n) is 3.81. The number of aliphatic hydroxyl groups is 1. The van der Waals surface area contributed by atoms with E-state index in [0.29, 0.717) is 12.8 Å². The molecule has 3 nitrogen and oxygen atoms in total. The van der Waals surface area contributed by atoms with E-state index in [1.807, 2.05) is 0 Å². The van der Waals surface area contributed by atoms with Crippen molar-refractivity contribution >= 4 is 5.97 Å². The molecule has 138 valence electrons. The number of ether oxygens (including phenoxy) is 1. The van der Waals surface area contributed by atoms with Crippen molar-refractivity contribution in [3.05, 3.63) is 12.2 Å². The molecule has 24 heavy (non-hydrogen) atoms. The first-order chi connectivity index (χ1) is 10.8. The lowest BCUT2D eigenvalue weighted by atomic mass is 9.78. The summed E-state index contributed by atoms with van der Waals surface area (Å²) in [7, 11) is 0. The highest BCUT2D eigenvalue weighted by molar-refractivity contribution is 5.87. The fourth-order valence-corrected chi connectivity index (χ4v) is 3.81. The monoisotopic (exact) mass is 360 g/mol. The molecular weight excluding hydrogens is 342 g/mol. The van der Waals surface area contributed by atoms with Gasteiger partial charge in [-0.1, -0.05) is 6.58 Å². The van der Waals surface area contributed by atoms with Crippen LogP contribution in [0.3, 0.4) is 0 Å². The molecule has 4 atom stereocenters. The highest BCUT2D eigenvalue weighted by Gasteiger charge is 2.71. The summed E-state index contributed by atoms with van der Waals surface area (Å²) >= 11 is 0. The molecule has 2 fully saturated rings. The quantitative estimate of drug-likeness (QED) is 0.472. The summed E-state index contributed by atoms with van der Waals surface area (Å²) in [6.07, 6.45) is -12.9. The number of halogens is 6. The van der Waals surface area contributed by atoms with Gasteiger partial charge in [0.15, 0.2) is 0 Å². The van der Waals surface area contributed by atoms with Gasteiger partial charge in [0, 0.05) is 5.57 Å². The average Bonchev–Trinajstić information content (AvgIpc) is 2.94. The third kappa shape index (κ3) is 3.27. The number of esters is 1. The lowest BCUT2D eigenvalue weighted by Gasteiger charge is -2.38. The summed E-state index contributed by atoms with van der Waals surface area (Å²) in [6.45, 7) is 4.79. The van der Waals surface area contributed by atoms with Crippen molar-refractivity contribution in [2.75, 3.05) is 0 Å². The van der Waals surface area contributed by atoms with Crippen molar-refractivity contribution in [1.82, 2.24) is 0 Å². The molecular formula is C15H18F6O3. The van der Waals surface area contributed by atoms with Crippen molar-refractivity contribution < 1.29 is 41.0 Å². The van der Waals surface area contributed by atoms with Crippen LogP contribution in [0.25, 0.3) is 0 Å². The molecule has 0 spiro atoms. The van der Waals surface area contributed by atoms with Crippen LogP contribution >= 0.6 is 0 Å². The molecule has 2 aliphatic rings. The van der Waals surface area contributed by atoms with Crippen LogP contribution in [0.1, 0.15) is 32.6 Å². The lowest BCUT2D eigenvalue weighted by molar-refractivity contribution is -0.373. The standard InChI is InChI=1S/C15H18F6O3/c1-7(2)12(22)24-11-5-8-3-9(10(11)4-8)6-13(23,14(16,17)18)15(19,20)21/h8-11,23H,1,3-6H2,2H3. The minimum absolute atomic E-state index is 0.103. The minimum atomic E-state index is -5.82. The van der Waals surface area contributed by atoms with Crippen molar-refractivity contribution in [3.63, 3.8) is 0 Å². The second kappa shape index (κ2) is 5.93. The first kappa shape index (κ1) is 19.1. The summed E-state index contributed by atoms with van der Waals surface area (Å²) in [6, 6.07) is 0. The predicted molar refractivity (Wildman–Crippen MR) is 70.7 cm³/mol. The second-order valence-corrected chi connectivity index (χ2v) is 6.78. The lowest BCUT2D eigenvalue weighted by Crippen LogP contribution is -2.58. The van der Waals surface area contributed by atoms with Gasteiger partial charge in [-0.25, -0.2) is 4.79 Å². The number of carbonyl (C=O) groups is 1. The van der Waals surface area contributed by atoms with E-state index in [-0.39, 0.29) is 17.9 Å². The molecule has 2 rings (SSSR count). The van der Waals surface area contributed by atoms with Gasteiger partial charge in [-0.2, -0.15) is 26.3 Å². The van der Waals surface area contributed by atoms with E-state index >= 15 is 0 Å². The Morgan fingerprint density at radius 1 is 1.12 bits per heavy atom. The van der Waals surface area contributed by atoms with Gasteiger partial charge in [0.25, 0.3) is 5.60 Å². The van der Waals surface area contributed by atoms with Gasteiger partial charge in [0.2, 0.25) is 0 Å². The van der Waals surface area contributed by atoms with Gasteiger partial charge in [0.1, 0.15) is 6.10 Å². The van der Waals surface area contributed by atoms with Crippen molar-refractivity contribution in [2.24, 2.45) is 17.8 Å². The van der Waals surface area contributed by atoms with Crippen molar-refractivity contribution in [2.45, 2.75) is 56.7 Å². The van der Waals surface area contributed by atoms with E-state index < -0.39 is 48.3 Å². The summed E-state index contributed by atoms with van der Waals surface area (Å²) in [5.74, 6) is -2.45. The SMILES string of the molecule is C=C(C)C(=O)OC1CC2CC(CC(O)(C(F)(F)F)C(F)(F)F)C1C2. The third-order valence-electron chi connectivity index (χ3n) is 4.99. The Kier molecular flexibility index (Phi) is 4.71. The van der Waals surface area contributed by atoms with E-state index in [1.54, 1.807) is 0 Å². The minimum Gasteiger partial charge on any atom is -0.459 e. The van der Waals surface area contributed by atoms with Crippen LogP contribution in [0, 0.1) is 17.8 Å². The van der Waals surface area contributed by atoms with Crippen molar-refractivity contribution in [1.29, 1.82) is 0 Å². The third-order valence-corrected chi connectivity index (χ3v) is 4.99. The molecule has 2 aliphatic carbocycles. The Balaban J connectivity index is 2.15. The highest BCUT2D eigenvalue weighted by atomic mass is 19.4. The number of hydrogen-bond donors (Lipinski definition) is 1. The van der Waals surface area contributed by atoms with Crippen LogP contribution in [0.15, 0.2) is 12.2 Å². The molecule has 1 N–H and O–H groups in total. The van der Waals surface area contributed by atoms with Gasteiger partial charge in [-0.15, -0.1) is 0 Å². The first-order valence-corrected chi connectivity index (χ1v) is 7.48. The Morgan fingerprint density at radius 3 is 2.08 bits per heavy atom. The molecule has 0 aromatic rings. The normalized spacial score (nSPS) is 30.5. The summed E-state index contributed by atoms with van der Waals surface area (Å²) in [4.78, 5) is 11.6. The van der Waals surface area contributed by atoms with Crippen LogP contribution in [-0.2, 0) is 9.53 Å². The van der Waals surface area contributed by atoms with E-state index in [1.165, 1.54) is 6.92 Å². The van der Waals surface area contributed by atoms with Crippen LogP contribution in [0.4, 0.5) is 26.3 Å². The topological polar surface area (TPSA) is 46.5 Å². The molecule has 0 radical (unpaired) electrons. The maximum Gasteiger partial charge on any atom is 0.426 e. The van der Waals surface area contributed by atoms with Gasteiger partial charge < -0.3 is 9.84 Å². The molecule has 0 heterocycles. The van der Waals surface area contributed by atoms with E-state index in [9.17, 15) is 36.2 Å². The number of alkyl halides is 6. The Morgan fingerprint density at radius 2 is 1.67 bits per heavy atom. The molecule has 2 saturated carbocycles. The fraction of sp³-hybridized carbons (Fsp3) is 0.800. The summed E-state index contributed by atoms with van der Waals surface area (Å²) in [5.41, 5.74) is -4.64. The molecule has 0 aromatic heterocycles.